The third-order valence-electron chi connectivity index (χ3n) is 4.06. The Morgan fingerprint density at radius 2 is 1.80 bits per heavy atom. The summed E-state index contributed by atoms with van der Waals surface area (Å²) in [5.74, 6) is 0. The predicted molar refractivity (Wildman–Crippen MR) is 87.2 cm³/mol. The van der Waals surface area contributed by atoms with Crippen molar-refractivity contribution in [1.29, 1.82) is 0 Å². The van der Waals surface area contributed by atoms with Crippen LogP contribution in [0.3, 0.4) is 0 Å². The molecule has 1 heterocycles. The average Bonchev–Trinajstić information content (AvgIpc) is 2.72. The van der Waals surface area contributed by atoms with E-state index in [-0.39, 0.29) is 0 Å². The molecule has 1 N–H and O–H groups in total. The van der Waals surface area contributed by atoms with Crippen LogP contribution in [0.4, 0.5) is 0 Å². The topological polar surface area (TPSA) is 29.9 Å². The number of rotatable bonds is 10. The van der Waals surface area contributed by atoms with Gasteiger partial charge in [0.2, 0.25) is 0 Å². The summed E-state index contributed by atoms with van der Waals surface area (Å²) in [7, 11) is 0. The smallest absolute Gasteiger partial charge is 0.0644 e. The molecule has 1 aromatic rings. The van der Waals surface area contributed by atoms with Gasteiger partial charge in [-0.15, -0.1) is 0 Å². The van der Waals surface area contributed by atoms with Crippen LogP contribution in [0.2, 0.25) is 0 Å². The molecule has 0 aromatic carbocycles. The van der Waals surface area contributed by atoms with Crippen molar-refractivity contribution in [3.63, 3.8) is 0 Å². The Bertz CT molecular complexity index is 382. The van der Waals surface area contributed by atoms with Crippen LogP contribution in [0.1, 0.15) is 82.3 Å². The van der Waals surface area contributed by atoms with E-state index in [1.807, 2.05) is 0 Å². The molecule has 3 heteroatoms. The standard InChI is InChI=1S/C17H33N3/c1-6-9-10-11-13-20-15(5)17(14(4)19-20)16(8-3)18-12-7-2/h16,18H,6-13H2,1-5H3. The van der Waals surface area contributed by atoms with Crippen LogP contribution in [-0.4, -0.2) is 16.3 Å². The first-order valence-electron chi connectivity index (χ1n) is 8.42. The van der Waals surface area contributed by atoms with Crippen molar-refractivity contribution < 1.29 is 0 Å². The maximum atomic E-state index is 4.76. The Kier molecular flexibility index (Phi) is 7.90. The highest BCUT2D eigenvalue weighted by molar-refractivity contribution is 5.28. The SMILES string of the molecule is CCCCCCn1nc(C)c(C(CC)NCCC)c1C. The van der Waals surface area contributed by atoms with Crippen molar-refractivity contribution in [1.82, 2.24) is 15.1 Å². The maximum absolute atomic E-state index is 4.76. The fourth-order valence-corrected chi connectivity index (χ4v) is 2.89. The minimum Gasteiger partial charge on any atom is -0.310 e. The van der Waals surface area contributed by atoms with Gasteiger partial charge in [0.05, 0.1) is 5.69 Å². The molecule has 0 aliphatic rings. The molecule has 0 amide bonds. The van der Waals surface area contributed by atoms with Gasteiger partial charge in [0.1, 0.15) is 0 Å². The molecule has 20 heavy (non-hydrogen) atoms. The zero-order valence-corrected chi connectivity index (χ0v) is 14.1. The Hall–Kier alpha value is -0.830. The molecular weight excluding hydrogens is 246 g/mol. The Morgan fingerprint density at radius 3 is 2.40 bits per heavy atom. The summed E-state index contributed by atoms with van der Waals surface area (Å²) in [4.78, 5) is 0. The number of aryl methyl sites for hydroxylation is 2. The van der Waals surface area contributed by atoms with Crippen molar-refractivity contribution in [2.24, 2.45) is 0 Å². The van der Waals surface area contributed by atoms with Crippen molar-refractivity contribution in [2.75, 3.05) is 6.54 Å². The molecule has 1 aromatic heterocycles. The first kappa shape index (κ1) is 17.2. The van der Waals surface area contributed by atoms with E-state index in [1.165, 1.54) is 49.1 Å². The molecule has 0 aliphatic carbocycles. The Morgan fingerprint density at radius 1 is 1.05 bits per heavy atom. The van der Waals surface area contributed by atoms with Gasteiger partial charge in [-0.25, -0.2) is 0 Å². The maximum Gasteiger partial charge on any atom is 0.0644 e. The second kappa shape index (κ2) is 9.17. The second-order valence-electron chi connectivity index (χ2n) is 5.78. The molecule has 1 atom stereocenters. The van der Waals surface area contributed by atoms with E-state index in [1.54, 1.807) is 0 Å². The zero-order valence-electron chi connectivity index (χ0n) is 14.1. The van der Waals surface area contributed by atoms with Crippen LogP contribution >= 0.6 is 0 Å². The highest BCUT2D eigenvalue weighted by atomic mass is 15.3. The fourth-order valence-electron chi connectivity index (χ4n) is 2.89. The summed E-state index contributed by atoms with van der Waals surface area (Å²) in [6, 6.07) is 0.458. The van der Waals surface area contributed by atoms with E-state index in [0.717, 1.165) is 19.5 Å². The second-order valence-corrected chi connectivity index (χ2v) is 5.78. The van der Waals surface area contributed by atoms with Crippen LogP contribution in [0, 0.1) is 13.8 Å². The molecule has 1 unspecified atom stereocenters. The molecule has 1 rings (SSSR count). The highest BCUT2D eigenvalue weighted by Crippen LogP contribution is 2.24. The van der Waals surface area contributed by atoms with Crippen LogP contribution in [0.25, 0.3) is 0 Å². The predicted octanol–water partition coefficient (Wildman–Crippen LogP) is 4.53. The summed E-state index contributed by atoms with van der Waals surface area (Å²) >= 11 is 0. The summed E-state index contributed by atoms with van der Waals surface area (Å²) in [5, 5.41) is 8.41. The molecule has 0 saturated carbocycles. The van der Waals surface area contributed by atoms with E-state index >= 15 is 0 Å². The zero-order chi connectivity index (χ0) is 15.0. The van der Waals surface area contributed by atoms with E-state index in [0.29, 0.717) is 6.04 Å². The van der Waals surface area contributed by atoms with Crippen molar-refractivity contribution in [2.45, 2.75) is 85.7 Å². The van der Waals surface area contributed by atoms with E-state index in [2.05, 4.69) is 44.6 Å². The van der Waals surface area contributed by atoms with Gasteiger partial charge in [-0.3, -0.25) is 4.68 Å². The van der Waals surface area contributed by atoms with Gasteiger partial charge in [-0.05, 0) is 39.7 Å². The van der Waals surface area contributed by atoms with Crippen molar-refractivity contribution in [3.8, 4) is 0 Å². The van der Waals surface area contributed by atoms with Gasteiger partial charge < -0.3 is 5.32 Å². The van der Waals surface area contributed by atoms with Crippen LogP contribution in [0.5, 0.6) is 0 Å². The van der Waals surface area contributed by atoms with Crippen LogP contribution in [-0.2, 0) is 6.54 Å². The monoisotopic (exact) mass is 279 g/mol. The molecule has 0 spiro atoms. The van der Waals surface area contributed by atoms with Gasteiger partial charge in [0.15, 0.2) is 0 Å². The van der Waals surface area contributed by atoms with Crippen molar-refractivity contribution >= 4 is 0 Å². The van der Waals surface area contributed by atoms with Crippen molar-refractivity contribution in [3.05, 3.63) is 17.0 Å². The number of nitrogens with one attached hydrogen (secondary N) is 1. The third kappa shape index (κ3) is 4.62. The van der Waals surface area contributed by atoms with Crippen LogP contribution < -0.4 is 5.32 Å². The molecular formula is C17H33N3. The minimum absolute atomic E-state index is 0.458. The molecule has 0 aliphatic heterocycles. The number of nitrogens with zero attached hydrogens (tertiary/aromatic N) is 2. The lowest BCUT2D eigenvalue weighted by molar-refractivity contribution is 0.507. The van der Waals surface area contributed by atoms with Gasteiger partial charge in [0.25, 0.3) is 0 Å². The summed E-state index contributed by atoms with van der Waals surface area (Å²) in [6.07, 6.45) is 7.50. The molecule has 0 fully saturated rings. The Labute approximate surface area is 125 Å². The molecule has 0 saturated heterocycles. The van der Waals surface area contributed by atoms with Crippen LogP contribution in [0.15, 0.2) is 0 Å². The van der Waals surface area contributed by atoms with Gasteiger partial charge in [0, 0.05) is 23.8 Å². The number of hydrogen-bond acceptors (Lipinski definition) is 2. The number of aromatic nitrogens is 2. The lowest BCUT2D eigenvalue weighted by Crippen LogP contribution is -2.22. The molecule has 116 valence electrons. The normalized spacial score (nSPS) is 12.8. The van der Waals surface area contributed by atoms with E-state index in [9.17, 15) is 0 Å². The highest BCUT2D eigenvalue weighted by Gasteiger charge is 2.18. The average molecular weight is 279 g/mol. The fraction of sp³-hybridized carbons (Fsp3) is 0.824. The number of hydrogen-bond donors (Lipinski definition) is 1. The Balaban J connectivity index is 2.73. The number of unbranched alkanes of at least 4 members (excludes halogenated alkanes) is 3. The minimum atomic E-state index is 0.458. The van der Waals surface area contributed by atoms with Gasteiger partial charge in [-0.2, -0.15) is 5.10 Å². The van der Waals surface area contributed by atoms with E-state index < -0.39 is 0 Å². The van der Waals surface area contributed by atoms with E-state index in [4.69, 9.17) is 5.10 Å². The lowest BCUT2D eigenvalue weighted by atomic mass is 10.0. The van der Waals surface area contributed by atoms with Gasteiger partial charge >= 0.3 is 0 Å². The largest absolute Gasteiger partial charge is 0.310 e. The molecule has 0 radical (unpaired) electrons. The molecule has 3 nitrogen and oxygen atoms in total. The first-order valence-corrected chi connectivity index (χ1v) is 8.42. The molecule has 0 bridgehead atoms. The first-order chi connectivity index (χ1) is 9.65. The third-order valence-corrected chi connectivity index (χ3v) is 4.06. The van der Waals surface area contributed by atoms with Gasteiger partial charge in [-0.1, -0.05) is 40.0 Å². The lowest BCUT2D eigenvalue weighted by Gasteiger charge is -2.17. The summed E-state index contributed by atoms with van der Waals surface area (Å²) in [6.45, 7) is 13.3. The summed E-state index contributed by atoms with van der Waals surface area (Å²) in [5.41, 5.74) is 3.99. The summed E-state index contributed by atoms with van der Waals surface area (Å²) < 4.78 is 2.22. The quantitative estimate of drug-likeness (QED) is 0.638.